The SMILES string of the molecule is CC(Sc1nnc(C2CC2)n1C1CC1)C(=O)Nc1ccc(S(=O)(=O)Nc2ncccn2)cc1. The van der Waals surface area contributed by atoms with Gasteiger partial charge in [-0.3, -0.25) is 4.79 Å². The van der Waals surface area contributed by atoms with Crippen molar-refractivity contribution in [3.63, 3.8) is 0 Å². The van der Waals surface area contributed by atoms with Gasteiger partial charge in [0.2, 0.25) is 11.9 Å². The zero-order valence-electron chi connectivity index (χ0n) is 17.9. The van der Waals surface area contributed by atoms with Gasteiger partial charge in [0.1, 0.15) is 5.82 Å². The Hall–Kier alpha value is -2.99. The van der Waals surface area contributed by atoms with Gasteiger partial charge in [-0.2, -0.15) is 0 Å². The van der Waals surface area contributed by atoms with Gasteiger partial charge < -0.3 is 9.88 Å². The van der Waals surface area contributed by atoms with E-state index in [1.165, 1.54) is 36.3 Å². The molecule has 172 valence electrons. The summed E-state index contributed by atoms with van der Waals surface area (Å²) >= 11 is 1.40. The zero-order chi connectivity index (χ0) is 23.0. The van der Waals surface area contributed by atoms with Crippen LogP contribution in [-0.2, 0) is 14.8 Å². The van der Waals surface area contributed by atoms with Crippen LogP contribution >= 0.6 is 11.8 Å². The van der Waals surface area contributed by atoms with E-state index < -0.39 is 10.0 Å². The number of benzene rings is 1. The summed E-state index contributed by atoms with van der Waals surface area (Å²) in [5, 5.41) is 12.0. The molecule has 1 amide bonds. The molecule has 2 aliphatic rings. The predicted octanol–water partition coefficient (Wildman–Crippen LogP) is 3.20. The first-order valence-corrected chi connectivity index (χ1v) is 13.1. The molecule has 2 fully saturated rings. The molecule has 0 aliphatic heterocycles. The molecule has 2 heterocycles. The highest BCUT2D eigenvalue weighted by atomic mass is 32.2. The quantitative estimate of drug-likeness (QED) is 0.442. The second-order valence-electron chi connectivity index (χ2n) is 8.17. The molecule has 2 N–H and O–H groups in total. The molecule has 0 bridgehead atoms. The summed E-state index contributed by atoms with van der Waals surface area (Å²) in [6.07, 6.45) is 7.47. The van der Waals surface area contributed by atoms with Crippen molar-refractivity contribution in [2.75, 3.05) is 10.0 Å². The Morgan fingerprint density at radius 3 is 2.42 bits per heavy atom. The summed E-state index contributed by atoms with van der Waals surface area (Å²) in [6.45, 7) is 1.82. The lowest BCUT2D eigenvalue weighted by molar-refractivity contribution is -0.115. The van der Waals surface area contributed by atoms with Crippen LogP contribution < -0.4 is 10.0 Å². The first-order valence-electron chi connectivity index (χ1n) is 10.7. The van der Waals surface area contributed by atoms with Gasteiger partial charge in [0.25, 0.3) is 10.0 Å². The standard InChI is InChI=1S/C21H23N7O3S2/c1-13(32-21-26-25-18(14-3-4-14)28(21)16-7-8-16)19(29)24-15-5-9-17(10-6-15)33(30,31)27-20-22-11-2-12-23-20/h2,5-6,9-14,16H,3-4,7-8H2,1H3,(H,24,29)(H,22,23,27). The van der Waals surface area contributed by atoms with Gasteiger partial charge in [0, 0.05) is 30.0 Å². The summed E-state index contributed by atoms with van der Waals surface area (Å²) in [5.41, 5.74) is 0.504. The van der Waals surface area contributed by atoms with Crippen LogP contribution in [0.15, 0.2) is 52.8 Å². The van der Waals surface area contributed by atoms with Crippen molar-refractivity contribution in [2.24, 2.45) is 0 Å². The largest absolute Gasteiger partial charge is 0.325 e. The van der Waals surface area contributed by atoms with Crippen LogP contribution in [0, 0.1) is 0 Å². The van der Waals surface area contributed by atoms with E-state index in [0.717, 1.165) is 36.7 Å². The Labute approximate surface area is 195 Å². The van der Waals surface area contributed by atoms with E-state index in [1.807, 2.05) is 6.92 Å². The van der Waals surface area contributed by atoms with Crippen LogP contribution in [-0.4, -0.2) is 44.3 Å². The van der Waals surface area contributed by atoms with Crippen LogP contribution in [0.25, 0.3) is 0 Å². The van der Waals surface area contributed by atoms with Gasteiger partial charge in [-0.1, -0.05) is 11.8 Å². The number of carbonyl (C=O) groups is 1. The lowest BCUT2D eigenvalue weighted by Crippen LogP contribution is -2.23. The van der Waals surface area contributed by atoms with E-state index in [2.05, 4.69) is 34.8 Å². The highest BCUT2D eigenvalue weighted by Crippen LogP contribution is 2.46. The molecular weight excluding hydrogens is 462 g/mol. The molecule has 5 rings (SSSR count). The Kier molecular flexibility index (Phi) is 5.79. The molecule has 2 saturated carbocycles. The van der Waals surface area contributed by atoms with Crippen LogP contribution in [0.1, 0.15) is 50.4 Å². The van der Waals surface area contributed by atoms with E-state index in [9.17, 15) is 13.2 Å². The molecule has 0 saturated heterocycles. The van der Waals surface area contributed by atoms with Crippen LogP contribution in [0.2, 0.25) is 0 Å². The van der Waals surface area contributed by atoms with E-state index in [0.29, 0.717) is 17.6 Å². The van der Waals surface area contributed by atoms with Crippen molar-refractivity contribution in [2.45, 2.75) is 59.9 Å². The third-order valence-electron chi connectivity index (χ3n) is 5.42. The smallest absolute Gasteiger partial charge is 0.264 e. The third kappa shape index (κ3) is 5.01. The Bertz CT molecular complexity index is 1250. The molecule has 10 nitrogen and oxygen atoms in total. The first kappa shape index (κ1) is 21.8. The van der Waals surface area contributed by atoms with Gasteiger partial charge in [-0.05, 0) is 62.9 Å². The fourth-order valence-corrected chi connectivity index (χ4v) is 5.25. The Balaban J connectivity index is 1.22. The molecule has 12 heteroatoms. The van der Waals surface area contributed by atoms with Gasteiger partial charge in [-0.15, -0.1) is 10.2 Å². The lowest BCUT2D eigenvalue weighted by atomic mass is 10.3. The molecule has 3 aromatic rings. The number of hydrogen-bond donors (Lipinski definition) is 2. The van der Waals surface area contributed by atoms with Gasteiger partial charge in [0.15, 0.2) is 5.16 Å². The van der Waals surface area contributed by atoms with Crippen LogP contribution in [0.5, 0.6) is 0 Å². The lowest BCUT2D eigenvalue weighted by Gasteiger charge is -2.13. The summed E-state index contributed by atoms with van der Waals surface area (Å²) in [7, 11) is -3.83. The minimum atomic E-state index is -3.83. The van der Waals surface area contributed by atoms with E-state index >= 15 is 0 Å². The van der Waals surface area contributed by atoms with Gasteiger partial charge in [0.05, 0.1) is 10.1 Å². The molecule has 0 radical (unpaired) electrons. The number of anilines is 2. The summed E-state index contributed by atoms with van der Waals surface area (Å²) in [6, 6.07) is 7.99. The molecule has 1 atom stereocenters. The number of thioether (sulfide) groups is 1. The van der Waals surface area contributed by atoms with Crippen molar-refractivity contribution in [3.05, 3.63) is 48.5 Å². The molecule has 2 aliphatic carbocycles. The average Bonchev–Trinajstić information content (AvgIpc) is 3.73. The Morgan fingerprint density at radius 2 is 1.79 bits per heavy atom. The number of sulfonamides is 1. The summed E-state index contributed by atoms with van der Waals surface area (Å²) in [5.74, 6) is 1.36. The van der Waals surface area contributed by atoms with Crippen molar-refractivity contribution in [3.8, 4) is 0 Å². The van der Waals surface area contributed by atoms with Crippen molar-refractivity contribution >= 4 is 39.3 Å². The number of hydrogen-bond acceptors (Lipinski definition) is 8. The van der Waals surface area contributed by atoms with Crippen LogP contribution in [0.4, 0.5) is 11.6 Å². The maximum absolute atomic E-state index is 12.8. The second-order valence-corrected chi connectivity index (χ2v) is 11.2. The Morgan fingerprint density at radius 1 is 1.09 bits per heavy atom. The second kappa shape index (κ2) is 8.75. The fourth-order valence-electron chi connectivity index (χ4n) is 3.37. The monoisotopic (exact) mass is 485 g/mol. The molecule has 2 aromatic heterocycles. The number of carbonyl (C=O) groups excluding carboxylic acids is 1. The van der Waals surface area contributed by atoms with Crippen molar-refractivity contribution in [1.82, 2.24) is 24.7 Å². The normalized spacial score (nSPS) is 16.9. The first-order chi connectivity index (χ1) is 15.9. The molecule has 33 heavy (non-hydrogen) atoms. The van der Waals surface area contributed by atoms with E-state index in [4.69, 9.17) is 0 Å². The highest BCUT2D eigenvalue weighted by molar-refractivity contribution is 8.00. The summed E-state index contributed by atoms with van der Waals surface area (Å²) in [4.78, 5) is 20.5. The summed E-state index contributed by atoms with van der Waals surface area (Å²) < 4.78 is 29.5. The van der Waals surface area contributed by atoms with Crippen molar-refractivity contribution < 1.29 is 13.2 Å². The average molecular weight is 486 g/mol. The fraction of sp³-hybridized carbons (Fsp3) is 0.381. The highest BCUT2D eigenvalue weighted by Gasteiger charge is 2.37. The molecule has 1 aromatic carbocycles. The minimum Gasteiger partial charge on any atom is -0.325 e. The van der Waals surface area contributed by atoms with E-state index in [1.54, 1.807) is 18.2 Å². The van der Waals surface area contributed by atoms with E-state index in [-0.39, 0.29) is 22.0 Å². The number of amides is 1. The van der Waals surface area contributed by atoms with Gasteiger partial charge in [-0.25, -0.2) is 23.1 Å². The topological polar surface area (TPSA) is 132 Å². The molecule has 0 spiro atoms. The van der Waals surface area contributed by atoms with Crippen molar-refractivity contribution in [1.29, 1.82) is 0 Å². The minimum absolute atomic E-state index is 0.00961. The number of aromatic nitrogens is 5. The number of rotatable bonds is 9. The number of nitrogens with zero attached hydrogens (tertiary/aromatic N) is 5. The maximum atomic E-state index is 12.8. The predicted molar refractivity (Wildman–Crippen MR) is 123 cm³/mol. The molecule has 1 unspecified atom stereocenters. The number of nitrogens with one attached hydrogen (secondary N) is 2. The van der Waals surface area contributed by atoms with Gasteiger partial charge >= 0.3 is 0 Å². The third-order valence-corrected chi connectivity index (χ3v) is 7.82. The zero-order valence-corrected chi connectivity index (χ0v) is 19.5. The molecular formula is C21H23N7O3S2. The van der Waals surface area contributed by atoms with Crippen LogP contribution in [0.3, 0.4) is 0 Å². The maximum Gasteiger partial charge on any atom is 0.264 e.